The van der Waals surface area contributed by atoms with Gasteiger partial charge in [-0.1, -0.05) is 65.1 Å². The largest absolute Gasteiger partial charge is 2.00 e. The first kappa shape index (κ1) is 28.1. The molecule has 1 nitrogen and oxygen atoms in total. The molecule has 0 aliphatic heterocycles. The number of allylic oxidation sites excluding steroid dienone is 4. The summed E-state index contributed by atoms with van der Waals surface area (Å²) < 4.78 is 0. The maximum absolute atomic E-state index is 7.54. The Morgan fingerprint density at radius 2 is 1.48 bits per heavy atom. The Kier molecular flexibility index (Phi) is 13.7. The quantitative estimate of drug-likeness (QED) is 0.501. The van der Waals surface area contributed by atoms with E-state index in [-0.39, 0.29) is 46.5 Å². The SMILES string of the molecule is C[CH-]c1ccccc1C1=C(C)C=CC1.Cc1cc(C)c([NH-])c(C)c1.[Cl-].[Cl-].[Ti+2]. The Hall–Kier alpha value is -1.12. The van der Waals surface area contributed by atoms with E-state index in [0.717, 1.165) is 17.5 Å². The fourth-order valence-corrected chi connectivity index (χ4v) is 3.14. The molecule has 0 amide bonds. The van der Waals surface area contributed by atoms with Crippen LogP contribution in [0.4, 0.5) is 5.69 Å². The standard InChI is InChI=1S/C14H15.C9H12N.2ClH.Ti/c1-3-12-8-4-5-9-14(12)13-10-6-7-11(13)2;1-6-4-7(2)9(10)8(3)5-6;;;/h3-9H,10H2,1-2H3;4-5,10H,1-3H3;2*1H;/q2*-1;;;+2/p-2. The van der Waals surface area contributed by atoms with Gasteiger partial charge in [-0.3, -0.25) is 0 Å². The van der Waals surface area contributed by atoms with Crippen molar-refractivity contribution in [2.24, 2.45) is 0 Å². The minimum atomic E-state index is 0. The Morgan fingerprint density at radius 3 is 1.96 bits per heavy atom. The van der Waals surface area contributed by atoms with Crippen LogP contribution in [0.25, 0.3) is 11.3 Å². The van der Waals surface area contributed by atoms with Crippen LogP contribution in [-0.4, -0.2) is 0 Å². The molecule has 0 saturated heterocycles. The molecule has 0 atom stereocenters. The van der Waals surface area contributed by atoms with Crippen molar-refractivity contribution in [1.29, 1.82) is 0 Å². The average Bonchev–Trinajstić information content (AvgIpc) is 2.99. The number of aryl methyl sites for hydroxylation is 3. The van der Waals surface area contributed by atoms with Crippen LogP contribution in [0.3, 0.4) is 0 Å². The van der Waals surface area contributed by atoms with Gasteiger partial charge in [-0.2, -0.15) is 18.1 Å². The summed E-state index contributed by atoms with van der Waals surface area (Å²) in [6, 6.07) is 12.7. The molecule has 0 radical (unpaired) electrons. The van der Waals surface area contributed by atoms with Crippen molar-refractivity contribution in [3.8, 4) is 0 Å². The number of rotatable bonds is 2. The third kappa shape index (κ3) is 7.43. The fourth-order valence-electron chi connectivity index (χ4n) is 3.14. The summed E-state index contributed by atoms with van der Waals surface area (Å²) in [7, 11) is 0. The topological polar surface area (TPSA) is 23.8 Å². The summed E-state index contributed by atoms with van der Waals surface area (Å²) >= 11 is 0. The van der Waals surface area contributed by atoms with Crippen molar-refractivity contribution < 1.29 is 46.5 Å². The van der Waals surface area contributed by atoms with Crippen molar-refractivity contribution in [1.82, 2.24) is 0 Å². The molecule has 0 heterocycles. The number of benzene rings is 2. The Morgan fingerprint density at radius 1 is 0.926 bits per heavy atom. The van der Waals surface area contributed by atoms with Crippen LogP contribution in [0.2, 0.25) is 0 Å². The molecule has 0 unspecified atom stereocenters. The van der Waals surface area contributed by atoms with E-state index in [1.165, 1.54) is 27.8 Å². The molecule has 0 saturated carbocycles. The molecule has 27 heavy (non-hydrogen) atoms. The van der Waals surface area contributed by atoms with Crippen LogP contribution in [0, 0.1) is 27.2 Å². The maximum atomic E-state index is 7.54. The summed E-state index contributed by atoms with van der Waals surface area (Å²) in [5, 5.41) is 0. The van der Waals surface area contributed by atoms with E-state index in [2.05, 4.69) is 63.6 Å². The van der Waals surface area contributed by atoms with Gasteiger partial charge in [0.05, 0.1) is 0 Å². The van der Waals surface area contributed by atoms with Crippen molar-refractivity contribution in [3.05, 3.63) is 94.1 Å². The van der Waals surface area contributed by atoms with E-state index >= 15 is 0 Å². The second-order valence-corrected chi connectivity index (χ2v) is 6.42. The maximum Gasteiger partial charge on any atom is 2.00 e. The zero-order valence-corrected chi connectivity index (χ0v) is 19.7. The number of hydrogen-bond acceptors (Lipinski definition) is 0. The molecule has 144 valence electrons. The molecule has 2 aromatic rings. The molecule has 1 N–H and O–H groups in total. The van der Waals surface area contributed by atoms with Crippen LogP contribution in [0.5, 0.6) is 0 Å². The normalized spacial score (nSPS) is 11.4. The van der Waals surface area contributed by atoms with Gasteiger partial charge >= 0.3 is 21.7 Å². The zero-order chi connectivity index (χ0) is 17.7. The van der Waals surface area contributed by atoms with Crippen LogP contribution >= 0.6 is 0 Å². The van der Waals surface area contributed by atoms with Gasteiger partial charge < -0.3 is 30.5 Å². The minimum Gasteiger partial charge on any atom is -1.00 e. The summed E-state index contributed by atoms with van der Waals surface area (Å²) in [4.78, 5) is 0. The van der Waals surface area contributed by atoms with Gasteiger partial charge in [0.1, 0.15) is 0 Å². The molecular weight excluding hydrogens is 409 g/mol. The van der Waals surface area contributed by atoms with Crippen LogP contribution < -0.4 is 24.8 Å². The Balaban J connectivity index is 0. The first-order valence-electron chi connectivity index (χ1n) is 8.48. The van der Waals surface area contributed by atoms with Gasteiger partial charge in [-0.05, 0) is 34.1 Å². The summed E-state index contributed by atoms with van der Waals surface area (Å²) in [6.07, 6.45) is 7.70. The Bertz CT molecular complexity index is 772. The summed E-state index contributed by atoms with van der Waals surface area (Å²) in [6.45, 7) is 10.3. The molecule has 2 aromatic carbocycles. The van der Waals surface area contributed by atoms with E-state index in [0.29, 0.717) is 5.69 Å². The van der Waals surface area contributed by atoms with E-state index in [1.54, 1.807) is 0 Å². The molecule has 1 aliphatic rings. The number of halogens is 2. The van der Waals surface area contributed by atoms with Crippen molar-refractivity contribution >= 4 is 11.3 Å². The zero-order valence-electron chi connectivity index (χ0n) is 16.7. The Labute approximate surface area is 192 Å². The van der Waals surface area contributed by atoms with Crippen molar-refractivity contribution in [2.75, 3.05) is 0 Å². The van der Waals surface area contributed by atoms with Crippen molar-refractivity contribution in [3.63, 3.8) is 0 Å². The predicted molar refractivity (Wildman–Crippen MR) is 107 cm³/mol. The second kappa shape index (κ2) is 13.1. The van der Waals surface area contributed by atoms with Gasteiger partial charge in [0.25, 0.3) is 0 Å². The van der Waals surface area contributed by atoms with Crippen LogP contribution in [-0.2, 0) is 21.7 Å². The third-order valence-electron chi connectivity index (χ3n) is 4.44. The van der Waals surface area contributed by atoms with Gasteiger partial charge in [-0.25, -0.2) is 0 Å². The number of nitrogens with one attached hydrogen (secondary N) is 1. The number of hydrogen-bond donors (Lipinski definition) is 0. The average molecular weight is 436 g/mol. The first-order chi connectivity index (χ1) is 11.4. The van der Waals surface area contributed by atoms with Gasteiger partial charge in [0.2, 0.25) is 0 Å². The second-order valence-electron chi connectivity index (χ2n) is 6.42. The molecular formula is C23H27Cl2NTi-2. The third-order valence-corrected chi connectivity index (χ3v) is 4.44. The molecule has 0 bridgehead atoms. The van der Waals surface area contributed by atoms with Crippen LogP contribution in [0.1, 0.15) is 48.1 Å². The van der Waals surface area contributed by atoms with E-state index in [1.807, 2.05) is 26.0 Å². The molecule has 4 heteroatoms. The van der Waals surface area contributed by atoms with Crippen LogP contribution in [0.15, 0.2) is 54.1 Å². The minimum absolute atomic E-state index is 0. The smallest absolute Gasteiger partial charge is 1.00 e. The summed E-state index contributed by atoms with van der Waals surface area (Å²) in [5.41, 5.74) is 17.2. The van der Waals surface area contributed by atoms with Gasteiger partial charge in [0.15, 0.2) is 0 Å². The predicted octanol–water partition coefficient (Wildman–Crippen LogP) is 1.29. The molecule has 0 spiro atoms. The first-order valence-corrected chi connectivity index (χ1v) is 8.48. The van der Waals surface area contributed by atoms with Gasteiger partial charge in [0, 0.05) is 0 Å². The van der Waals surface area contributed by atoms with E-state index in [4.69, 9.17) is 5.73 Å². The molecule has 1 aliphatic carbocycles. The van der Waals surface area contributed by atoms with E-state index < -0.39 is 0 Å². The summed E-state index contributed by atoms with van der Waals surface area (Å²) in [5.74, 6) is 0. The molecule has 0 aromatic heterocycles. The van der Waals surface area contributed by atoms with Gasteiger partial charge in [-0.15, -0.1) is 23.4 Å². The monoisotopic (exact) mass is 435 g/mol. The molecule has 0 fully saturated rings. The van der Waals surface area contributed by atoms with Crippen molar-refractivity contribution in [2.45, 2.75) is 41.0 Å². The molecule has 3 rings (SSSR count). The van der Waals surface area contributed by atoms with E-state index in [9.17, 15) is 0 Å². The fraction of sp³-hybridized carbons (Fsp3) is 0.261.